The summed E-state index contributed by atoms with van der Waals surface area (Å²) in [6, 6.07) is 0. The molecule has 38 valence electrons. The molecule has 1 heteroatoms. The molecule has 1 N–H and O–H groups in total. The topological polar surface area (TPSA) is 12.0 Å². The van der Waals surface area contributed by atoms with E-state index < -0.39 is 0 Å². The van der Waals surface area contributed by atoms with Crippen LogP contribution in [-0.2, 0) is 0 Å². The van der Waals surface area contributed by atoms with Gasteiger partial charge < -0.3 is 5.32 Å². The molecule has 0 saturated carbocycles. The first-order chi connectivity index (χ1) is 3.00. The van der Waals surface area contributed by atoms with E-state index in [1.165, 1.54) is 32.4 Å². The first-order valence-corrected chi connectivity index (χ1v) is 2.71. The Balaban J connectivity index is 0.000000360. The van der Waals surface area contributed by atoms with Crippen LogP contribution in [0.3, 0.4) is 0 Å². The standard InChI is InChI=1S/C5H11N.H2/c1-2-4-6-5-3-1;/h6H,1-5H2;1H. The second kappa shape index (κ2) is 2.19. The molecule has 0 aromatic heterocycles. The second-order valence-corrected chi connectivity index (χ2v) is 1.81. The minimum atomic E-state index is 0. The molecule has 1 aliphatic heterocycles. The van der Waals surface area contributed by atoms with Gasteiger partial charge in [0.1, 0.15) is 0 Å². The average molecular weight is 87.2 g/mol. The molecule has 1 nitrogen and oxygen atoms in total. The molecule has 0 unspecified atom stereocenters. The Kier molecular flexibility index (Phi) is 1.51. The van der Waals surface area contributed by atoms with Crippen molar-refractivity contribution in [3.63, 3.8) is 0 Å². The van der Waals surface area contributed by atoms with E-state index in [1.54, 1.807) is 0 Å². The molecule has 0 aromatic rings. The summed E-state index contributed by atoms with van der Waals surface area (Å²) in [6.45, 7) is 2.50. The molecular formula is C5H13N. The summed E-state index contributed by atoms with van der Waals surface area (Å²) in [5.74, 6) is 0. The first kappa shape index (κ1) is 4.13. The van der Waals surface area contributed by atoms with Gasteiger partial charge in [-0.05, 0) is 25.9 Å². The van der Waals surface area contributed by atoms with Crippen LogP contribution in [-0.4, -0.2) is 13.1 Å². The fraction of sp³-hybridized carbons (Fsp3) is 1.00. The van der Waals surface area contributed by atoms with E-state index in [0.717, 1.165) is 0 Å². The Bertz CT molecular complexity index is 23.6. The molecule has 1 heterocycles. The fourth-order valence-corrected chi connectivity index (χ4v) is 0.802. The molecule has 0 bridgehead atoms. The van der Waals surface area contributed by atoms with Crippen molar-refractivity contribution in [3.05, 3.63) is 0 Å². The highest BCUT2D eigenvalue weighted by Gasteiger charge is 1.93. The smallest absolute Gasteiger partial charge is 0 e. The van der Waals surface area contributed by atoms with Crippen molar-refractivity contribution >= 4 is 0 Å². The van der Waals surface area contributed by atoms with Crippen LogP contribution in [0.5, 0.6) is 0 Å². The van der Waals surface area contributed by atoms with Gasteiger partial charge >= 0.3 is 0 Å². The zero-order chi connectivity index (χ0) is 4.24. The summed E-state index contributed by atoms with van der Waals surface area (Å²) < 4.78 is 0. The van der Waals surface area contributed by atoms with Gasteiger partial charge in [-0.25, -0.2) is 0 Å². The largest absolute Gasteiger partial charge is 0.317 e. The lowest BCUT2D eigenvalue weighted by atomic mass is 10.2. The third-order valence-corrected chi connectivity index (χ3v) is 1.21. The third kappa shape index (κ3) is 0.977. The van der Waals surface area contributed by atoms with Crippen LogP contribution in [0.4, 0.5) is 0 Å². The Labute approximate surface area is 40.2 Å². The molecule has 1 aliphatic rings. The lowest BCUT2D eigenvalue weighted by Gasteiger charge is -2.08. The predicted octanol–water partition coefficient (Wildman–Crippen LogP) is 1.01. The van der Waals surface area contributed by atoms with E-state index >= 15 is 0 Å². The van der Waals surface area contributed by atoms with Crippen LogP contribution in [0, 0.1) is 0 Å². The van der Waals surface area contributed by atoms with E-state index in [-0.39, 0.29) is 1.43 Å². The van der Waals surface area contributed by atoms with E-state index in [9.17, 15) is 0 Å². The van der Waals surface area contributed by atoms with Gasteiger partial charge in [-0.2, -0.15) is 0 Å². The van der Waals surface area contributed by atoms with Crippen LogP contribution in [0.15, 0.2) is 0 Å². The second-order valence-electron chi connectivity index (χ2n) is 1.81. The fourth-order valence-electron chi connectivity index (χ4n) is 0.802. The van der Waals surface area contributed by atoms with Crippen LogP contribution >= 0.6 is 0 Å². The molecule has 1 fully saturated rings. The summed E-state index contributed by atoms with van der Waals surface area (Å²) in [4.78, 5) is 0. The van der Waals surface area contributed by atoms with E-state index in [4.69, 9.17) is 0 Å². The quantitative estimate of drug-likeness (QED) is 0.465. The van der Waals surface area contributed by atoms with Crippen LogP contribution in [0.1, 0.15) is 20.7 Å². The molecular weight excluding hydrogens is 74.1 g/mol. The minimum absolute atomic E-state index is 0. The lowest BCUT2D eigenvalue weighted by molar-refractivity contribution is 0.520. The van der Waals surface area contributed by atoms with Gasteiger partial charge in [0, 0.05) is 1.43 Å². The lowest BCUT2D eigenvalue weighted by Crippen LogP contribution is -2.21. The van der Waals surface area contributed by atoms with Crippen molar-refractivity contribution in [3.8, 4) is 0 Å². The van der Waals surface area contributed by atoms with Gasteiger partial charge in [-0.3, -0.25) is 0 Å². The maximum absolute atomic E-state index is 3.28. The van der Waals surface area contributed by atoms with Crippen LogP contribution in [0.2, 0.25) is 0 Å². The zero-order valence-electron chi connectivity index (χ0n) is 4.04. The molecule has 0 atom stereocenters. The van der Waals surface area contributed by atoms with Crippen molar-refractivity contribution in [2.75, 3.05) is 13.1 Å². The summed E-state index contributed by atoms with van der Waals surface area (Å²) in [5.41, 5.74) is 0. The highest BCUT2D eigenvalue weighted by atomic mass is 14.9. The summed E-state index contributed by atoms with van der Waals surface area (Å²) in [7, 11) is 0. The molecule has 0 aromatic carbocycles. The van der Waals surface area contributed by atoms with Crippen molar-refractivity contribution in [2.24, 2.45) is 0 Å². The SMILES string of the molecule is C1CCNCC1.[HH]. The predicted molar refractivity (Wildman–Crippen MR) is 28.8 cm³/mol. The Morgan fingerprint density at radius 2 is 1.67 bits per heavy atom. The summed E-state index contributed by atoms with van der Waals surface area (Å²) in [6.07, 6.45) is 4.22. The highest BCUT2D eigenvalue weighted by molar-refractivity contribution is 4.55. The van der Waals surface area contributed by atoms with Crippen molar-refractivity contribution in [1.82, 2.24) is 5.32 Å². The van der Waals surface area contributed by atoms with Crippen molar-refractivity contribution in [2.45, 2.75) is 19.3 Å². The maximum Gasteiger partial charge on any atom is 0 e. The molecule has 0 radical (unpaired) electrons. The third-order valence-electron chi connectivity index (χ3n) is 1.21. The van der Waals surface area contributed by atoms with Gasteiger partial charge in [0.2, 0.25) is 0 Å². The Morgan fingerprint density at radius 3 is 1.83 bits per heavy atom. The molecule has 6 heavy (non-hydrogen) atoms. The first-order valence-electron chi connectivity index (χ1n) is 2.71. The number of nitrogens with one attached hydrogen (secondary N) is 1. The number of piperidine rings is 1. The van der Waals surface area contributed by atoms with E-state index in [1.807, 2.05) is 0 Å². The Hall–Kier alpha value is -0.0400. The molecule has 1 rings (SSSR count). The van der Waals surface area contributed by atoms with Crippen LogP contribution in [0.25, 0.3) is 0 Å². The number of hydrogen-bond acceptors (Lipinski definition) is 1. The number of hydrogen-bond donors (Lipinski definition) is 1. The average Bonchev–Trinajstić information content (AvgIpc) is 1.72. The zero-order valence-corrected chi connectivity index (χ0v) is 4.04. The Morgan fingerprint density at radius 1 is 1.00 bits per heavy atom. The van der Waals surface area contributed by atoms with E-state index in [2.05, 4.69) is 5.32 Å². The molecule has 0 aliphatic carbocycles. The van der Waals surface area contributed by atoms with Gasteiger partial charge in [0.05, 0.1) is 0 Å². The normalized spacial score (nSPS) is 24.0. The van der Waals surface area contributed by atoms with E-state index in [0.29, 0.717) is 0 Å². The number of rotatable bonds is 0. The summed E-state index contributed by atoms with van der Waals surface area (Å²) in [5, 5.41) is 3.28. The van der Waals surface area contributed by atoms with Crippen LogP contribution < -0.4 is 5.32 Å². The molecule has 0 amide bonds. The van der Waals surface area contributed by atoms with Gasteiger partial charge in [0.15, 0.2) is 0 Å². The minimum Gasteiger partial charge on any atom is -0.317 e. The highest BCUT2D eigenvalue weighted by Crippen LogP contribution is 1.96. The van der Waals surface area contributed by atoms with Crippen molar-refractivity contribution < 1.29 is 1.43 Å². The van der Waals surface area contributed by atoms with Gasteiger partial charge in [0.25, 0.3) is 0 Å². The monoisotopic (exact) mass is 87.1 g/mol. The van der Waals surface area contributed by atoms with Gasteiger partial charge in [-0.15, -0.1) is 0 Å². The molecule has 0 spiro atoms. The van der Waals surface area contributed by atoms with Crippen molar-refractivity contribution in [1.29, 1.82) is 0 Å². The molecule has 1 saturated heterocycles. The van der Waals surface area contributed by atoms with Gasteiger partial charge in [-0.1, -0.05) is 6.42 Å². The maximum atomic E-state index is 3.28. The summed E-state index contributed by atoms with van der Waals surface area (Å²) >= 11 is 0.